The Bertz CT molecular complexity index is 1100. The minimum Gasteiger partial charge on any atom is -0.294 e. The van der Waals surface area contributed by atoms with Crippen LogP contribution < -0.4 is 4.90 Å². The zero-order chi connectivity index (χ0) is 22.5. The molecule has 1 amide bonds. The van der Waals surface area contributed by atoms with E-state index in [2.05, 4.69) is 26.8 Å². The van der Waals surface area contributed by atoms with Crippen molar-refractivity contribution >= 4 is 40.6 Å². The minimum absolute atomic E-state index is 0.0192. The Morgan fingerprint density at radius 1 is 1.03 bits per heavy atom. The molecule has 1 atom stereocenters. The van der Waals surface area contributed by atoms with Crippen molar-refractivity contribution in [2.24, 2.45) is 5.41 Å². The second-order valence-electron chi connectivity index (χ2n) is 9.36. The number of amides is 1. The van der Waals surface area contributed by atoms with Gasteiger partial charge in [0, 0.05) is 40.1 Å². The normalized spacial score (nSPS) is 20.8. The van der Waals surface area contributed by atoms with Crippen LogP contribution in [-0.2, 0) is 16.0 Å². The molecule has 0 bridgehead atoms. The van der Waals surface area contributed by atoms with Gasteiger partial charge in [-0.3, -0.25) is 14.5 Å². The lowest BCUT2D eigenvalue weighted by molar-refractivity contribution is -0.121. The SMILES string of the molecule is CCc1cccc(C)c1N1C(=O)CC(c2c(Cl)cccc2Cl)C2=C1CC(C)(C)CC2=O. The Labute approximate surface area is 194 Å². The van der Waals surface area contributed by atoms with Crippen LogP contribution in [0.1, 0.15) is 62.6 Å². The number of carbonyl (C=O) groups is 2. The van der Waals surface area contributed by atoms with Crippen LogP contribution in [0.4, 0.5) is 5.69 Å². The quantitative estimate of drug-likeness (QED) is 0.497. The molecule has 0 saturated carbocycles. The first-order valence-electron chi connectivity index (χ1n) is 10.8. The van der Waals surface area contributed by atoms with Gasteiger partial charge in [0.2, 0.25) is 5.91 Å². The summed E-state index contributed by atoms with van der Waals surface area (Å²) in [6, 6.07) is 11.4. The average Bonchev–Trinajstić information content (AvgIpc) is 2.67. The van der Waals surface area contributed by atoms with Crippen molar-refractivity contribution in [2.75, 3.05) is 4.90 Å². The van der Waals surface area contributed by atoms with E-state index in [0.717, 1.165) is 28.9 Å². The molecule has 1 unspecified atom stereocenters. The molecule has 0 fully saturated rings. The third kappa shape index (κ3) is 3.83. The lowest BCUT2D eigenvalue weighted by Gasteiger charge is -2.44. The summed E-state index contributed by atoms with van der Waals surface area (Å²) in [4.78, 5) is 29.0. The van der Waals surface area contributed by atoms with Gasteiger partial charge in [-0.05, 0) is 54.0 Å². The summed E-state index contributed by atoms with van der Waals surface area (Å²) in [5.41, 5.74) is 5.00. The van der Waals surface area contributed by atoms with Crippen LogP contribution >= 0.6 is 23.2 Å². The summed E-state index contributed by atoms with van der Waals surface area (Å²) >= 11 is 13.1. The number of para-hydroxylation sites is 1. The Hall–Kier alpha value is -2.10. The van der Waals surface area contributed by atoms with Gasteiger partial charge in [-0.2, -0.15) is 0 Å². The highest BCUT2D eigenvalue weighted by Crippen LogP contribution is 2.51. The van der Waals surface area contributed by atoms with Crippen molar-refractivity contribution in [1.29, 1.82) is 0 Å². The fourth-order valence-electron chi connectivity index (χ4n) is 5.09. The Morgan fingerprint density at radius 2 is 1.68 bits per heavy atom. The lowest BCUT2D eigenvalue weighted by atomic mass is 9.69. The van der Waals surface area contributed by atoms with Gasteiger partial charge in [0.1, 0.15) is 0 Å². The van der Waals surface area contributed by atoms with Gasteiger partial charge < -0.3 is 0 Å². The number of hydrogen-bond donors (Lipinski definition) is 0. The van der Waals surface area contributed by atoms with Crippen LogP contribution in [0.3, 0.4) is 0 Å². The van der Waals surface area contributed by atoms with Gasteiger partial charge >= 0.3 is 0 Å². The van der Waals surface area contributed by atoms with E-state index in [-0.39, 0.29) is 23.5 Å². The molecule has 4 rings (SSSR count). The van der Waals surface area contributed by atoms with Crippen molar-refractivity contribution in [3.05, 3.63) is 74.4 Å². The number of benzene rings is 2. The zero-order valence-corrected chi connectivity index (χ0v) is 19.9. The number of carbonyl (C=O) groups excluding carboxylic acids is 2. The average molecular weight is 456 g/mol. The summed E-state index contributed by atoms with van der Waals surface area (Å²) in [6.07, 6.45) is 2.07. The number of ketones is 1. The van der Waals surface area contributed by atoms with Crippen molar-refractivity contribution < 1.29 is 9.59 Å². The van der Waals surface area contributed by atoms with Gasteiger partial charge in [0.25, 0.3) is 0 Å². The Kier molecular flexibility index (Phi) is 5.78. The summed E-state index contributed by atoms with van der Waals surface area (Å²) in [7, 11) is 0. The molecular formula is C26H27Cl2NO2. The summed E-state index contributed by atoms with van der Waals surface area (Å²) in [6.45, 7) is 8.28. The zero-order valence-electron chi connectivity index (χ0n) is 18.4. The highest BCUT2D eigenvalue weighted by molar-refractivity contribution is 6.36. The second kappa shape index (κ2) is 8.11. The van der Waals surface area contributed by atoms with Crippen LogP contribution in [0.25, 0.3) is 0 Å². The number of anilines is 1. The number of allylic oxidation sites excluding steroid dienone is 2. The number of hydrogen-bond acceptors (Lipinski definition) is 2. The monoisotopic (exact) mass is 455 g/mol. The van der Waals surface area contributed by atoms with E-state index in [9.17, 15) is 9.59 Å². The van der Waals surface area contributed by atoms with Crippen molar-refractivity contribution in [2.45, 2.75) is 59.3 Å². The Morgan fingerprint density at radius 3 is 2.32 bits per heavy atom. The molecule has 1 heterocycles. The number of halogens is 2. The lowest BCUT2D eigenvalue weighted by Crippen LogP contribution is -2.44. The summed E-state index contributed by atoms with van der Waals surface area (Å²) < 4.78 is 0. The number of Topliss-reactive ketones (excluding diaryl/α,β-unsaturated/α-hetero) is 1. The standard InChI is InChI=1S/C26H27Cl2NO2/c1-5-16-9-6-8-15(2)25(16)29-20-13-26(3,4)14-21(30)24(20)17(12-22(29)31)23-18(27)10-7-11-19(23)28/h6-11,17H,5,12-14H2,1-4H3. The maximum atomic E-state index is 13.7. The van der Waals surface area contributed by atoms with Crippen LogP contribution in [0.5, 0.6) is 0 Å². The highest BCUT2D eigenvalue weighted by atomic mass is 35.5. The van der Waals surface area contributed by atoms with E-state index in [0.29, 0.717) is 34.0 Å². The maximum absolute atomic E-state index is 13.7. The summed E-state index contributed by atoms with van der Waals surface area (Å²) in [5.74, 6) is -0.358. The van der Waals surface area contributed by atoms with Crippen LogP contribution in [0.15, 0.2) is 47.7 Å². The first-order valence-corrected chi connectivity index (χ1v) is 11.5. The fraction of sp³-hybridized carbons (Fsp3) is 0.385. The van der Waals surface area contributed by atoms with E-state index in [1.807, 2.05) is 24.0 Å². The second-order valence-corrected chi connectivity index (χ2v) is 10.2. The molecule has 0 radical (unpaired) electrons. The predicted molar refractivity (Wildman–Crippen MR) is 127 cm³/mol. The van der Waals surface area contributed by atoms with Crippen molar-refractivity contribution in [1.82, 2.24) is 0 Å². The third-order valence-electron chi connectivity index (χ3n) is 6.42. The van der Waals surface area contributed by atoms with E-state index in [4.69, 9.17) is 23.2 Å². The fourth-order valence-corrected chi connectivity index (χ4v) is 5.75. The molecule has 31 heavy (non-hydrogen) atoms. The molecule has 3 nitrogen and oxygen atoms in total. The van der Waals surface area contributed by atoms with Crippen LogP contribution in [0.2, 0.25) is 10.0 Å². The van der Waals surface area contributed by atoms with E-state index in [1.54, 1.807) is 18.2 Å². The Balaban J connectivity index is 2.00. The van der Waals surface area contributed by atoms with Crippen molar-refractivity contribution in [3.8, 4) is 0 Å². The van der Waals surface area contributed by atoms with E-state index >= 15 is 0 Å². The molecule has 162 valence electrons. The molecule has 2 aromatic rings. The first-order chi connectivity index (χ1) is 14.6. The third-order valence-corrected chi connectivity index (χ3v) is 7.08. The van der Waals surface area contributed by atoms with Crippen molar-refractivity contribution in [3.63, 3.8) is 0 Å². The minimum atomic E-state index is -0.419. The molecular weight excluding hydrogens is 429 g/mol. The maximum Gasteiger partial charge on any atom is 0.232 e. The topological polar surface area (TPSA) is 37.4 Å². The largest absolute Gasteiger partial charge is 0.294 e. The molecule has 2 aliphatic rings. The van der Waals surface area contributed by atoms with Gasteiger partial charge in [-0.25, -0.2) is 0 Å². The number of rotatable bonds is 3. The van der Waals surface area contributed by atoms with E-state index < -0.39 is 5.92 Å². The molecule has 0 N–H and O–H groups in total. The van der Waals surface area contributed by atoms with Gasteiger partial charge in [0.15, 0.2) is 5.78 Å². The summed E-state index contributed by atoms with van der Waals surface area (Å²) in [5, 5.41) is 0.988. The molecule has 0 aromatic heterocycles. The number of nitrogens with zero attached hydrogens (tertiary/aromatic N) is 1. The molecule has 1 aliphatic heterocycles. The van der Waals surface area contributed by atoms with Crippen LogP contribution in [0, 0.1) is 12.3 Å². The molecule has 0 saturated heterocycles. The molecule has 5 heteroatoms. The number of aryl methyl sites for hydroxylation is 2. The molecule has 1 aliphatic carbocycles. The molecule has 2 aromatic carbocycles. The van der Waals surface area contributed by atoms with Gasteiger partial charge in [-0.1, -0.05) is 68.2 Å². The van der Waals surface area contributed by atoms with Gasteiger partial charge in [-0.15, -0.1) is 0 Å². The van der Waals surface area contributed by atoms with Crippen LogP contribution in [-0.4, -0.2) is 11.7 Å². The van der Waals surface area contributed by atoms with Gasteiger partial charge in [0.05, 0.1) is 5.69 Å². The smallest absolute Gasteiger partial charge is 0.232 e. The highest BCUT2D eigenvalue weighted by Gasteiger charge is 2.45. The predicted octanol–water partition coefficient (Wildman–Crippen LogP) is 7.03. The van der Waals surface area contributed by atoms with E-state index in [1.165, 1.54) is 0 Å². The molecule has 0 spiro atoms. The first kappa shape index (κ1) is 22.1.